The number of hydrogen-bond acceptors (Lipinski definition) is 8. The van der Waals surface area contributed by atoms with Gasteiger partial charge in [-0.25, -0.2) is 14.3 Å². The second-order valence-electron chi connectivity index (χ2n) is 12.5. The molecule has 6 aromatic rings. The van der Waals surface area contributed by atoms with Crippen LogP contribution in [0.1, 0.15) is 55.4 Å². The van der Waals surface area contributed by atoms with Crippen LogP contribution in [0.4, 0.5) is 16.3 Å². The molecule has 1 unspecified atom stereocenters. The van der Waals surface area contributed by atoms with Gasteiger partial charge in [0, 0.05) is 36.0 Å². The SMILES string of the molecule is COc1ccc(CNc2cccc3cc(C(C)NC(=O)c4c(NC(=O)OC(C)(C)C)nn5cccnc45)n(-c4ccccc4)c(=O)c23)cc1. The molecule has 0 saturated heterocycles. The van der Waals surface area contributed by atoms with Gasteiger partial charge in [0.25, 0.3) is 11.5 Å². The summed E-state index contributed by atoms with van der Waals surface area (Å²) in [6, 6.07) is 25.5. The van der Waals surface area contributed by atoms with Crippen LogP contribution in [-0.4, -0.2) is 43.9 Å². The molecule has 6 rings (SSSR count). The summed E-state index contributed by atoms with van der Waals surface area (Å²) in [5.41, 5.74) is 2.18. The number of nitrogens with one attached hydrogen (secondary N) is 3. The average Bonchev–Trinajstić information content (AvgIpc) is 3.44. The molecule has 1 atom stereocenters. The quantitative estimate of drug-likeness (QED) is 0.160. The van der Waals surface area contributed by atoms with E-state index in [9.17, 15) is 14.4 Å². The number of carbonyl (C=O) groups excluding carboxylic acids is 2. The normalized spacial score (nSPS) is 12.0. The van der Waals surface area contributed by atoms with Crippen LogP contribution in [0.3, 0.4) is 0 Å². The third-order valence-corrected chi connectivity index (χ3v) is 7.76. The summed E-state index contributed by atoms with van der Waals surface area (Å²) in [5.74, 6) is 0.209. The molecule has 12 nitrogen and oxygen atoms in total. The van der Waals surface area contributed by atoms with E-state index in [1.165, 1.54) is 10.7 Å². The molecule has 0 fully saturated rings. The second kappa shape index (κ2) is 13.5. The van der Waals surface area contributed by atoms with E-state index in [-0.39, 0.29) is 22.6 Å². The fourth-order valence-electron chi connectivity index (χ4n) is 5.56. The smallest absolute Gasteiger partial charge is 0.413 e. The van der Waals surface area contributed by atoms with Crippen molar-refractivity contribution in [3.05, 3.63) is 124 Å². The first-order valence-electron chi connectivity index (χ1n) is 15.8. The molecule has 49 heavy (non-hydrogen) atoms. The number of methoxy groups -OCH3 is 1. The molecule has 250 valence electrons. The number of ether oxygens (including phenoxy) is 2. The molecular weight excluding hydrogens is 622 g/mol. The van der Waals surface area contributed by atoms with Gasteiger partial charge >= 0.3 is 6.09 Å². The minimum atomic E-state index is -0.763. The Morgan fingerprint density at radius 3 is 2.43 bits per heavy atom. The van der Waals surface area contributed by atoms with Crippen molar-refractivity contribution < 1.29 is 19.1 Å². The highest BCUT2D eigenvalue weighted by atomic mass is 16.6. The van der Waals surface area contributed by atoms with Gasteiger partial charge in [0.05, 0.1) is 18.5 Å². The predicted molar refractivity (Wildman–Crippen MR) is 189 cm³/mol. The topological polar surface area (TPSA) is 141 Å². The summed E-state index contributed by atoms with van der Waals surface area (Å²) in [6.45, 7) is 7.51. The fourth-order valence-corrected chi connectivity index (χ4v) is 5.56. The first-order valence-corrected chi connectivity index (χ1v) is 15.8. The van der Waals surface area contributed by atoms with Gasteiger partial charge in [0.2, 0.25) is 0 Å². The number of fused-ring (bicyclic) bond motifs is 2. The van der Waals surface area contributed by atoms with Crippen LogP contribution in [0.5, 0.6) is 5.75 Å². The molecule has 0 aliphatic rings. The van der Waals surface area contributed by atoms with Gasteiger partial charge in [0.1, 0.15) is 16.9 Å². The first kappa shape index (κ1) is 32.8. The lowest BCUT2D eigenvalue weighted by molar-refractivity contribution is 0.0635. The first-order chi connectivity index (χ1) is 23.5. The van der Waals surface area contributed by atoms with Crippen molar-refractivity contribution in [1.29, 1.82) is 0 Å². The fraction of sp³-hybridized carbons (Fsp3) is 0.216. The summed E-state index contributed by atoms with van der Waals surface area (Å²) < 4.78 is 13.7. The molecular formula is C37H37N7O5. The molecule has 3 N–H and O–H groups in total. The number of aromatic nitrogens is 4. The Morgan fingerprint density at radius 2 is 1.71 bits per heavy atom. The standard InChI is InChI=1S/C37H37N7O5/c1-23(40-34(45)31-32(41-36(47)49-37(2,3)4)42-43-20-10-19-38-33(31)43)29-21-25-11-9-14-28(39-22-24-15-17-27(48-5)18-16-24)30(25)35(46)44(29)26-12-7-6-8-13-26/h6-21,23,39H,22H2,1-5H3,(H,40,45)(H,41,42,47). The summed E-state index contributed by atoms with van der Waals surface area (Å²) in [5, 5.41) is 14.6. The molecule has 2 amide bonds. The van der Waals surface area contributed by atoms with E-state index in [0.29, 0.717) is 34.4 Å². The number of carbonyl (C=O) groups is 2. The van der Waals surface area contributed by atoms with Gasteiger partial charge in [-0.1, -0.05) is 42.5 Å². The van der Waals surface area contributed by atoms with Crippen molar-refractivity contribution in [2.75, 3.05) is 17.7 Å². The second-order valence-corrected chi connectivity index (χ2v) is 12.5. The Bertz CT molecular complexity index is 2200. The highest BCUT2D eigenvalue weighted by Gasteiger charge is 2.27. The Hall–Kier alpha value is -6.17. The maximum atomic E-state index is 14.5. The molecule has 0 spiro atoms. The van der Waals surface area contributed by atoms with E-state index in [4.69, 9.17) is 9.47 Å². The molecule has 0 saturated carbocycles. The monoisotopic (exact) mass is 659 g/mol. The number of anilines is 2. The summed E-state index contributed by atoms with van der Waals surface area (Å²) >= 11 is 0. The van der Waals surface area contributed by atoms with Gasteiger partial charge in [0.15, 0.2) is 11.5 Å². The summed E-state index contributed by atoms with van der Waals surface area (Å²) in [6.07, 6.45) is 2.40. The van der Waals surface area contributed by atoms with Crippen molar-refractivity contribution >= 4 is 39.9 Å². The number of para-hydroxylation sites is 1. The van der Waals surface area contributed by atoms with Crippen LogP contribution >= 0.6 is 0 Å². The minimum absolute atomic E-state index is 0.0100. The van der Waals surface area contributed by atoms with Crippen LogP contribution in [0.2, 0.25) is 0 Å². The summed E-state index contributed by atoms with van der Waals surface area (Å²) in [7, 11) is 1.62. The van der Waals surface area contributed by atoms with Crippen LogP contribution in [0.25, 0.3) is 22.1 Å². The maximum absolute atomic E-state index is 14.5. The number of amides is 2. The van der Waals surface area contributed by atoms with E-state index in [2.05, 4.69) is 26.0 Å². The highest BCUT2D eigenvalue weighted by Crippen LogP contribution is 2.28. The van der Waals surface area contributed by atoms with Crippen molar-refractivity contribution in [2.24, 2.45) is 0 Å². The zero-order valence-electron chi connectivity index (χ0n) is 27.9. The Balaban J connectivity index is 1.37. The molecule has 3 aromatic heterocycles. The number of pyridine rings is 1. The van der Waals surface area contributed by atoms with E-state index in [0.717, 1.165) is 11.3 Å². The zero-order chi connectivity index (χ0) is 34.7. The molecule has 0 bridgehead atoms. The number of benzene rings is 3. The van der Waals surface area contributed by atoms with Gasteiger partial charge in [-0.15, -0.1) is 5.10 Å². The van der Waals surface area contributed by atoms with Crippen LogP contribution < -0.4 is 26.2 Å². The van der Waals surface area contributed by atoms with Crippen molar-refractivity contribution in [1.82, 2.24) is 24.5 Å². The van der Waals surface area contributed by atoms with Gasteiger partial charge in [-0.05, 0) is 81.1 Å². The number of rotatable bonds is 9. The number of nitrogens with zero attached hydrogens (tertiary/aromatic N) is 4. The molecule has 3 aromatic carbocycles. The van der Waals surface area contributed by atoms with Crippen molar-refractivity contribution in [3.63, 3.8) is 0 Å². The van der Waals surface area contributed by atoms with Crippen LogP contribution in [-0.2, 0) is 11.3 Å². The molecule has 0 radical (unpaired) electrons. The Labute approximate surface area is 282 Å². The Morgan fingerprint density at radius 1 is 0.959 bits per heavy atom. The molecule has 3 heterocycles. The number of hydrogen-bond donors (Lipinski definition) is 3. The lowest BCUT2D eigenvalue weighted by Crippen LogP contribution is -2.33. The molecule has 12 heteroatoms. The third-order valence-electron chi connectivity index (χ3n) is 7.76. The lowest BCUT2D eigenvalue weighted by atomic mass is 10.1. The molecule has 0 aliphatic heterocycles. The van der Waals surface area contributed by atoms with Crippen LogP contribution in [0.15, 0.2) is 102 Å². The lowest BCUT2D eigenvalue weighted by Gasteiger charge is -2.22. The summed E-state index contributed by atoms with van der Waals surface area (Å²) in [4.78, 5) is 45.5. The van der Waals surface area contributed by atoms with Gasteiger partial charge in [-0.3, -0.25) is 19.5 Å². The van der Waals surface area contributed by atoms with Gasteiger partial charge < -0.3 is 20.1 Å². The van der Waals surface area contributed by atoms with E-state index < -0.39 is 23.6 Å². The van der Waals surface area contributed by atoms with Crippen molar-refractivity contribution in [3.8, 4) is 11.4 Å². The minimum Gasteiger partial charge on any atom is -0.497 e. The van der Waals surface area contributed by atoms with E-state index in [1.807, 2.05) is 78.9 Å². The van der Waals surface area contributed by atoms with Crippen molar-refractivity contribution in [2.45, 2.75) is 45.9 Å². The Kier molecular flexibility index (Phi) is 9.04. The van der Waals surface area contributed by atoms with Crippen LogP contribution in [0, 0.1) is 0 Å². The maximum Gasteiger partial charge on any atom is 0.413 e. The third kappa shape index (κ3) is 7.08. The zero-order valence-corrected chi connectivity index (χ0v) is 27.9. The largest absolute Gasteiger partial charge is 0.497 e. The average molecular weight is 660 g/mol. The van der Waals surface area contributed by atoms with Gasteiger partial charge in [-0.2, -0.15) is 0 Å². The molecule has 0 aliphatic carbocycles. The van der Waals surface area contributed by atoms with E-state index in [1.54, 1.807) is 51.6 Å². The van der Waals surface area contributed by atoms with E-state index >= 15 is 0 Å². The predicted octanol–water partition coefficient (Wildman–Crippen LogP) is 6.49. The highest BCUT2D eigenvalue weighted by molar-refractivity contribution is 6.07.